The summed E-state index contributed by atoms with van der Waals surface area (Å²) in [5.74, 6) is 1.04. The number of ether oxygens (including phenoxy) is 2. The number of thiol groups is 1. The minimum Gasteiger partial charge on any atom is -0.491 e. The van der Waals surface area contributed by atoms with E-state index in [1.807, 2.05) is 25.1 Å². The van der Waals surface area contributed by atoms with E-state index >= 15 is 0 Å². The maximum Gasteiger partial charge on any atom is 0.318 e. The number of allylic oxidation sites excluding steroid dienone is 2. The van der Waals surface area contributed by atoms with Crippen molar-refractivity contribution in [2.45, 2.75) is 69.9 Å². The molecule has 0 radical (unpaired) electrons. The molecule has 2 aromatic carbocycles. The predicted octanol–water partition coefficient (Wildman–Crippen LogP) is 6.25. The van der Waals surface area contributed by atoms with Crippen LogP contribution in [0.5, 0.6) is 5.75 Å². The van der Waals surface area contributed by atoms with Crippen molar-refractivity contribution in [3.63, 3.8) is 0 Å². The molecule has 6 rings (SSSR count). The van der Waals surface area contributed by atoms with Crippen molar-refractivity contribution in [3.05, 3.63) is 70.3 Å². The van der Waals surface area contributed by atoms with Crippen LogP contribution in [0.15, 0.2) is 52.9 Å². The number of amides is 3. The fourth-order valence-electron chi connectivity index (χ4n) is 6.83. The number of hydrogen-bond acceptors (Lipinski definition) is 6. The molecule has 0 spiro atoms. The molecule has 2 unspecified atom stereocenters. The number of benzene rings is 2. The zero-order valence-corrected chi connectivity index (χ0v) is 28.3. The van der Waals surface area contributed by atoms with Crippen LogP contribution in [-0.4, -0.2) is 65.9 Å². The lowest BCUT2D eigenvalue weighted by Crippen LogP contribution is -2.59. The van der Waals surface area contributed by atoms with Crippen molar-refractivity contribution in [3.8, 4) is 5.75 Å². The lowest BCUT2D eigenvalue weighted by Gasteiger charge is -2.41. The lowest BCUT2D eigenvalue weighted by molar-refractivity contribution is -0.00797. The average molecular weight is 669 g/mol. The van der Waals surface area contributed by atoms with E-state index in [1.54, 1.807) is 18.1 Å². The first kappa shape index (κ1) is 32.8. The van der Waals surface area contributed by atoms with Gasteiger partial charge in [0.25, 0.3) is 5.91 Å². The second kappa shape index (κ2) is 14.8. The molecule has 5 atom stereocenters. The minimum atomic E-state index is -2.45. The third-order valence-corrected chi connectivity index (χ3v) is 11.8. The number of nitrogens with one attached hydrogen (secondary N) is 1. The Labute approximate surface area is 278 Å². The highest BCUT2D eigenvalue weighted by molar-refractivity contribution is 7.76. The Kier molecular flexibility index (Phi) is 10.6. The Hall–Kier alpha value is -3.08. The van der Waals surface area contributed by atoms with Gasteiger partial charge in [0.05, 0.1) is 42.1 Å². The summed E-state index contributed by atoms with van der Waals surface area (Å²) in [4.78, 5) is 30.7. The summed E-state index contributed by atoms with van der Waals surface area (Å²) in [7, 11) is -0.828. The summed E-state index contributed by atoms with van der Waals surface area (Å²) >= 11 is 6.43. The molecule has 1 N–H and O–H groups in total. The standard InChI is InChI=1S/C35H45ClN4O5S/c1-23-7-3-4-8-24-10-11-27(24)19-39-20-28-12-14-29(36)17-25(28)9-5-6-16-45-32-15-13-26(18-31(32)39)33(41)38-46(43)34(23)37-35(42)40-21-30(22-40)44-2/h3-4,12-15,17-18,23-24,27,30,34,46H,5-11,16,19-22H2,1-2H3,(H,37,42)/b4-3+/t23-,24+,27-,34?/m0/s1. The number of fused-ring (bicyclic) bond motifs is 3. The molecule has 1 aliphatic carbocycles. The quantitative estimate of drug-likeness (QED) is 0.290. The number of nitrogens with zero attached hydrogens (tertiary/aromatic N) is 3. The molecule has 2 aromatic rings. The van der Waals surface area contributed by atoms with Crippen molar-refractivity contribution >= 4 is 39.8 Å². The van der Waals surface area contributed by atoms with E-state index in [0.29, 0.717) is 50.1 Å². The lowest BCUT2D eigenvalue weighted by atomic mass is 9.71. The number of carbonyl (C=O) groups is 2. The second-order valence-corrected chi connectivity index (χ2v) is 15.0. The number of rotatable bonds is 2. The molecule has 3 amide bonds. The van der Waals surface area contributed by atoms with Crippen LogP contribution in [0.1, 0.15) is 66.9 Å². The summed E-state index contributed by atoms with van der Waals surface area (Å²) < 4.78 is 29.6. The van der Waals surface area contributed by atoms with Gasteiger partial charge in [0.15, 0.2) is 0 Å². The van der Waals surface area contributed by atoms with Crippen LogP contribution in [-0.2, 0) is 28.3 Å². The van der Waals surface area contributed by atoms with Crippen molar-refractivity contribution in [1.29, 1.82) is 0 Å². The van der Waals surface area contributed by atoms with Crippen molar-refractivity contribution in [1.82, 2.24) is 10.2 Å². The second-order valence-electron chi connectivity index (χ2n) is 13.2. The number of halogens is 1. The van der Waals surface area contributed by atoms with E-state index in [4.69, 9.17) is 21.1 Å². The van der Waals surface area contributed by atoms with Gasteiger partial charge in [-0.15, -0.1) is 0 Å². The van der Waals surface area contributed by atoms with Crippen molar-refractivity contribution in [2.24, 2.45) is 22.1 Å². The summed E-state index contributed by atoms with van der Waals surface area (Å²) in [6, 6.07) is 11.2. The molecule has 0 aromatic heterocycles. The van der Waals surface area contributed by atoms with Crippen LogP contribution in [0.4, 0.5) is 10.5 Å². The molecule has 46 heavy (non-hydrogen) atoms. The normalized spacial score (nSPS) is 28.5. The van der Waals surface area contributed by atoms with Gasteiger partial charge < -0.3 is 24.6 Å². The van der Waals surface area contributed by atoms with Gasteiger partial charge in [0, 0.05) is 30.8 Å². The number of urea groups is 1. The first-order valence-electron chi connectivity index (χ1n) is 16.5. The molecule has 3 heterocycles. The van der Waals surface area contributed by atoms with Gasteiger partial charge in [-0.05, 0) is 104 Å². The van der Waals surface area contributed by atoms with E-state index in [-0.39, 0.29) is 18.1 Å². The monoisotopic (exact) mass is 668 g/mol. The Bertz CT molecular complexity index is 1550. The molecule has 4 aliphatic rings. The number of carbonyl (C=O) groups excluding carboxylic acids is 2. The molecule has 11 heteroatoms. The van der Waals surface area contributed by atoms with Crippen molar-refractivity contribution < 1.29 is 23.3 Å². The van der Waals surface area contributed by atoms with Gasteiger partial charge >= 0.3 is 6.03 Å². The molecule has 1 saturated heterocycles. The third kappa shape index (κ3) is 7.55. The smallest absolute Gasteiger partial charge is 0.318 e. The SMILES string of the molecule is COC1CN(C(=O)NC2[C@@H](C)C/C=C/C[C@@H]3CC[C@H]3CN3Cc4ccc(Cl)cc4CCCCOc4ccc(cc43)C(=O)/N=[SH]\2=O)C1. The molecule has 248 valence electrons. The highest BCUT2D eigenvalue weighted by atomic mass is 35.5. The van der Waals surface area contributed by atoms with Crippen LogP contribution in [0.25, 0.3) is 0 Å². The third-order valence-electron chi connectivity index (χ3n) is 10.0. The molecular weight excluding hydrogens is 624 g/mol. The van der Waals surface area contributed by atoms with Gasteiger partial charge in [-0.3, -0.25) is 9.00 Å². The number of anilines is 1. The number of methoxy groups -OCH3 is 1. The summed E-state index contributed by atoms with van der Waals surface area (Å²) in [6.45, 7) is 4.97. The molecule has 3 aliphatic heterocycles. The van der Waals surface area contributed by atoms with E-state index in [9.17, 15) is 13.8 Å². The Morgan fingerprint density at radius 1 is 1.04 bits per heavy atom. The average Bonchev–Trinajstić information content (AvgIpc) is 3.03. The van der Waals surface area contributed by atoms with Gasteiger partial charge in [0.1, 0.15) is 11.1 Å². The first-order chi connectivity index (χ1) is 22.3. The van der Waals surface area contributed by atoms with E-state index in [1.165, 1.54) is 17.5 Å². The number of aryl methyl sites for hydroxylation is 1. The topological polar surface area (TPSA) is 101 Å². The summed E-state index contributed by atoms with van der Waals surface area (Å²) in [6.07, 6.45) is 11.1. The van der Waals surface area contributed by atoms with Crippen LogP contribution >= 0.6 is 11.6 Å². The fourth-order valence-corrected chi connectivity index (χ4v) is 8.22. The van der Waals surface area contributed by atoms with Gasteiger partial charge in [-0.1, -0.05) is 36.7 Å². The van der Waals surface area contributed by atoms with Crippen LogP contribution in [0.2, 0.25) is 5.02 Å². The maximum atomic E-state index is 13.7. The molecular formula is C35H45ClN4O5S. The highest BCUT2D eigenvalue weighted by Gasteiger charge is 2.34. The number of hydrogen-bond donors (Lipinski definition) is 2. The van der Waals surface area contributed by atoms with Crippen molar-refractivity contribution in [2.75, 3.05) is 38.3 Å². The Morgan fingerprint density at radius 3 is 2.63 bits per heavy atom. The zero-order chi connectivity index (χ0) is 32.2. The Morgan fingerprint density at radius 2 is 1.85 bits per heavy atom. The fraction of sp³-hybridized carbons (Fsp3) is 0.543. The maximum absolute atomic E-state index is 13.7. The van der Waals surface area contributed by atoms with Crippen LogP contribution in [0.3, 0.4) is 0 Å². The van der Waals surface area contributed by atoms with E-state index < -0.39 is 21.9 Å². The van der Waals surface area contributed by atoms with E-state index in [2.05, 4.69) is 38.9 Å². The summed E-state index contributed by atoms with van der Waals surface area (Å²) in [5, 5.41) is 2.88. The zero-order valence-electron chi connectivity index (χ0n) is 26.7. The van der Waals surface area contributed by atoms with Gasteiger partial charge in [0.2, 0.25) is 0 Å². The van der Waals surface area contributed by atoms with Crippen LogP contribution in [0, 0.1) is 17.8 Å². The largest absolute Gasteiger partial charge is 0.491 e. The summed E-state index contributed by atoms with van der Waals surface area (Å²) in [5.41, 5.74) is 3.66. The van der Waals surface area contributed by atoms with Gasteiger partial charge in [-0.2, -0.15) is 4.36 Å². The minimum absolute atomic E-state index is 0.00357. The first-order valence-corrected chi connectivity index (χ1v) is 18.2. The van der Waals surface area contributed by atoms with E-state index in [0.717, 1.165) is 55.1 Å². The highest BCUT2D eigenvalue weighted by Crippen LogP contribution is 2.41. The Balaban J connectivity index is 1.36. The predicted molar refractivity (Wildman–Crippen MR) is 182 cm³/mol. The molecule has 9 nitrogen and oxygen atoms in total. The molecule has 1 saturated carbocycles. The molecule has 2 bridgehead atoms. The van der Waals surface area contributed by atoms with Crippen LogP contribution < -0.4 is 15.0 Å². The number of likely N-dealkylation sites (tertiary alicyclic amines) is 1. The molecule has 2 fully saturated rings. The van der Waals surface area contributed by atoms with Gasteiger partial charge in [-0.25, -0.2) is 4.79 Å².